The maximum atomic E-state index is 12.3. The third-order valence-electron chi connectivity index (χ3n) is 4.70. The van der Waals surface area contributed by atoms with Gasteiger partial charge in [0.15, 0.2) is 0 Å². The molecule has 3 nitrogen and oxygen atoms in total. The quantitative estimate of drug-likeness (QED) is 0.856. The topological polar surface area (TPSA) is 38.3 Å². The van der Waals surface area contributed by atoms with Crippen molar-refractivity contribution in [3.8, 4) is 0 Å². The van der Waals surface area contributed by atoms with E-state index in [1.54, 1.807) is 0 Å². The number of benzene rings is 1. The summed E-state index contributed by atoms with van der Waals surface area (Å²) in [6.45, 7) is 2.06. The fourth-order valence-corrected chi connectivity index (χ4v) is 3.61. The van der Waals surface area contributed by atoms with Gasteiger partial charge in [-0.1, -0.05) is 43.7 Å². The highest BCUT2D eigenvalue weighted by Gasteiger charge is 2.40. The third kappa shape index (κ3) is 2.73. The molecule has 0 spiro atoms. The molecule has 1 aliphatic carbocycles. The standard InChI is InChI=1S/C17H23NO2/c1-2-16(12-7-4-3-5-8-12)20-17(19)15-11-13-9-6-10-14(13)18-15/h3-5,7-8,13-16,18H,2,6,9-11H2,1H3. The molecular formula is C17H23NO2. The van der Waals surface area contributed by atoms with E-state index in [0.29, 0.717) is 12.0 Å². The van der Waals surface area contributed by atoms with Crippen LogP contribution in [-0.4, -0.2) is 18.1 Å². The Labute approximate surface area is 120 Å². The molecule has 1 aromatic rings. The van der Waals surface area contributed by atoms with Crippen molar-refractivity contribution in [3.63, 3.8) is 0 Å². The summed E-state index contributed by atoms with van der Waals surface area (Å²) in [6, 6.07) is 10.5. The van der Waals surface area contributed by atoms with Crippen LogP contribution in [0.25, 0.3) is 0 Å². The normalized spacial score (nSPS) is 29.9. The summed E-state index contributed by atoms with van der Waals surface area (Å²) in [4.78, 5) is 12.3. The predicted molar refractivity (Wildman–Crippen MR) is 78.2 cm³/mol. The van der Waals surface area contributed by atoms with Crippen molar-refractivity contribution in [2.45, 2.75) is 57.2 Å². The second kappa shape index (κ2) is 5.96. The van der Waals surface area contributed by atoms with Gasteiger partial charge in [-0.15, -0.1) is 0 Å². The Balaban J connectivity index is 1.60. The zero-order valence-electron chi connectivity index (χ0n) is 12.0. The van der Waals surface area contributed by atoms with E-state index in [-0.39, 0.29) is 18.1 Å². The van der Waals surface area contributed by atoms with Gasteiger partial charge in [0, 0.05) is 6.04 Å². The van der Waals surface area contributed by atoms with E-state index in [4.69, 9.17) is 4.74 Å². The zero-order valence-corrected chi connectivity index (χ0v) is 12.0. The molecule has 1 saturated heterocycles. The van der Waals surface area contributed by atoms with Crippen LogP contribution in [0.15, 0.2) is 30.3 Å². The van der Waals surface area contributed by atoms with Crippen molar-refractivity contribution in [2.75, 3.05) is 0 Å². The summed E-state index contributed by atoms with van der Waals surface area (Å²) < 4.78 is 5.73. The molecule has 0 radical (unpaired) electrons. The molecule has 0 amide bonds. The SMILES string of the molecule is CCC(OC(=O)C1CC2CCCC2N1)c1ccccc1. The molecule has 1 heterocycles. The van der Waals surface area contributed by atoms with Crippen LogP contribution in [0.5, 0.6) is 0 Å². The average Bonchev–Trinajstić information content (AvgIpc) is 3.06. The molecule has 108 valence electrons. The number of hydrogen-bond donors (Lipinski definition) is 1. The monoisotopic (exact) mass is 273 g/mol. The molecule has 3 rings (SSSR count). The predicted octanol–water partition coefficient (Wildman–Crippen LogP) is 3.21. The molecule has 3 heteroatoms. The van der Waals surface area contributed by atoms with E-state index in [1.807, 2.05) is 30.3 Å². The van der Waals surface area contributed by atoms with E-state index in [9.17, 15) is 4.79 Å². The third-order valence-corrected chi connectivity index (χ3v) is 4.70. The Kier molecular flexibility index (Phi) is 4.06. The number of rotatable bonds is 4. The maximum Gasteiger partial charge on any atom is 0.323 e. The van der Waals surface area contributed by atoms with Gasteiger partial charge in [-0.05, 0) is 37.2 Å². The minimum absolute atomic E-state index is 0.0740. The Morgan fingerprint density at radius 2 is 2.15 bits per heavy atom. The molecule has 1 N–H and O–H groups in total. The van der Waals surface area contributed by atoms with Gasteiger partial charge in [-0.2, -0.15) is 0 Å². The Morgan fingerprint density at radius 1 is 1.35 bits per heavy atom. The molecule has 0 aromatic heterocycles. The molecule has 1 saturated carbocycles. The first-order valence-electron chi connectivity index (χ1n) is 7.79. The van der Waals surface area contributed by atoms with Gasteiger partial charge in [-0.25, -0.2) is 0 Å². The van der Waals surface area contributed by atoms with Crippen molar-refractivity contribution >= 4 is 5.97 Å². The van der Waals surface area contributed by atoms with Crippen LogP contribution in [0.3, 0.4) is 0 Å². The molecule has 4 atom stereocenters. The van der Waals surface area contributed by atoms with Crippen LogP contribution in [0.2, 0.25) is 0 Å². The lowest BCUT2D eigenvalue weighted by molar-refractivity contribution is -0.152. The van der Waals surface area contributed by atoms with E-state index < -0.39 is 0 Å². The van der Waals surface area contributed by atoms with Gasteiger partial charge >= 0.3 is 5.97 Å². The second-order valence-electron chi connectivity index (χ2n) is 6.00. The van der Waals surface area contributed by atoms with Crippen molar-refractivity contribution in [1.82, 2.24) is 5.32 Å². The molecule has 1 aromatic carbocycles. The molecule has 4 unspecified atom stereocenters. The number of carbonyl (C=O) groups excluding carboxylic acids is 1. The summed E-state index contributed by atoms with van der Waals surface area (Å²) in [5.41, 5.74) is 1.08. The van der Waals surface area contributed by atoms with E-state index >= 15 is 0 Å². The summed E-state index contributed by atoms with van der Waals surface area (Å²) in [7, 11) is 0. The average molecular weight is 273 g/mol. The number of carbonyl (C=O) groups is 1. The summed E-state index contributed by atoms with van der Waals surface area (Å²) in [5, 5.41) is 3.46. The zero-order chi connectivity index (χ0) is 13.9. The first kappa shape index (κ1) is 13.6. The van der Waals surface area contributed by atoms with Crippen molar-refractivity contribution in [2.24, 2.45) is 5.92 Å². The van der Waals surface area contributed by atoms with Gasteiger partial charge in [0.2, 0.25) is 0 Å². The first-order valence-corrected chi connectivity index (χ1v) is 7.79. The van der Waals surface area contributed by atoms with Crippen molar-refractivity contribution in [1.29, 1.82) is 0 Å². The lowest BCUT2D eigenvalue weighted by Gasteiger charge is -2.20. The Morgan fingerprint density at radius 3 is 2.85 bits per heavy atom. The lowest BCUT2D eigenvalue weighted by Crippen LogP contribution is -2.37. The highest BCUT2D eigenvalue weighted by atomic mass is 16.5. The van der Waals surface area contributed by atoms with Gasteiger partial charge in [0.05, 0.1) is 0 Å². The second-order valence-corrected chi connectivity index (χ2v) is 6.00. The summed E-state index contributed by atoms with van der Waals surface area (Å²) in [6.07, 6.45) is 5.42. The number of fused-ring (bicyclic) bond motifs is 1. The van der Waals surface area contributed by atoms with Gasteiger partial charge in [0.1, 0.15) is 12.1 Å². The fourth-order valence-electron chi connectivity index (χ4n) is 3.61. The Hall–Kier alpha value is -1.35. The fraction of sp³-hybridized carbons (Fsp3) is 0.588. The van der Waals surface area contributed by atoms with Crippen molar-refractivity contribution in [3.05, 3.63) is 35.9 Å². The summed E-state index contributed by atoms with van der Waals surface area (Å²) in [5.74, 6) is 0.611. The van der Waals surface area contributed by atoms with Crippen molar-refractivity contribution < 1.29 is 9.53 Å². The van der Waals surface area contributed by atoms with E-state index in [1.165, 1.54) is 19.3 Å². The summed E-state index contributed by atoms with van der Waals surface area (Å²) >= 11 is 0. The van der Waals surface area contributed by atoms with Gasteiger partial charge < -0.3 is 10.1 Å². The largest absolute Gasteiger partial charge is 0.456 e. The van der Waals surface area contributed by atoms with Gasteiger partial charge in [-0.3, -0.25) is 4.79 Å². The van der Waals surface area contributed by atoms with Crippen LogP contribution in [0, 0.1) is 5.92 Å². The lowest BCUT2D eigenvalue weighted by atomic mass is 10.0. The molecule has 2 fully saturated rings. The van der Waals surface area contributed by atoms with Crippen LogP contribution in [0.4, 0.5) is 0 Å². The smallest absolute Gasteiger partial charge is 0.323 e. The number of hydrogen-bond acceptors (Lipinski definition) is 3. The number of esters is 1. The minimum Gasteiger partial charge on any atom is -0.456 e. The van der Waals surface area contributed by atoms with E-state index in [0.717, 1.165) is 18.4 Å². The molecule has 20 heavy (non-hydrogen) atoms. The van der Waals surface area contributed by atoms with E-state index in [2.05, 4.69) is 12.2 Å². The number of ether oxygens (including phenoxy) is 1. The highest BCUT2D eigenvalue weighted by molar-refractivity contribution is 5.76. The Bertz CT molecular complexity index is 447. The molecule has 2 aliphatic rings. The number of nitrogens with one attached hydrogen (secondary N) is 1. The molecule has 1 aliphatic heterocycles. The molecule has 0 bridgehead atoms. The van der Waals surface area contributed by atoms with Crippen LogP contribution in [0.1, 0.15) is 50.7 Å². The van der Waals surface area contributed by atoms with Crippen LogP contribution in [-0.2, 0) is 9.53 Å². The van der Waals surface area contributed by atoms with Crippen LogP contribution >= 0.6 is 0 Å². The first-order chi connectivity index (χ1) is 9.78. The molecular weight excluding hydrogens is 250 g/mol. The highest BCUT2D eigenvalue weighted by Crippen LogP contribution is 2.35. The maximum absolute atomic E-state index is 12.3. The van der Waals surface area contributed by atoms with Gasteiger partial charge in [0.25, 0.3) is 0 Å². The minimum atomic E-state index is -0.119. The van der Waals surface area contributed by atoms with Crippen LogP contribution < -0.4 is 5.32 Å².